The molecule has 7 nitrogen and oxygen atoms in total. The number of nitrogens with one attached hydrogen (secondary N) is 1. The van der Waals surface area contributed by atoms with Gasteiger partial charge in [0.15, 0.2) is 11.3 Å². The van der Waals surface area contributed by atoms with E-state index in [-0.39, 0.29) is 17.3 Å². The molecule has 1 spiro atoms. The Bertz CT molecular complexity index is 1350. The summed E-state index contributed by atoms with van der Waals surface area (Å²) in [6.07, 6.45) is 7.46. The van der Waals surface area contributed by atoms with E-state index in [9.17, 15) is 4.39 Å². The molecule has 1 aromatic carbocycles. The number of benzene rings is 1. The van der Waals surface area contributed by atoms with Crippen LogP contribution in [0, 0.1) is 11.2 Å². The minimum absolute atomic E-state index is 0.100. The first-order valence-electron chi connectivity index (χ1n) is 10.8. The van der Waals surface area contributed by atoms with Crippen molar-refractivity contribution >= 4 is 40.6 Å². The molecule has 1 fully saturated rings. The Morgan fingerprint density at radius 3 is 2.82 bits per heavy atom. The lowest BCUT2D eigenvalue weighted by molar-refractivity contribution is 0.186. The third kappa shape index (κ3) is 3.55. The van der Waals surface area contributed by atoms with E-state index in [1.165, 1.54) is 17.8 Å². The first kappa shape index (κ1) is 20.8. The zero-order chi connectivity index (χ0) is 22.6. The highest BCUT2D eigenvalue weighted by Gasteiger charge is 2.47. The van der Waals surface area contributed by atoms with E-state index >= 15 is 0 Å². The van der Waals surface area contributed by atoms with Gasteiger partial charge in [-0.1, -0.05) is 35.5 Å². The number of hydrogen-bond acceptors (Lipinski definition) is 7. The van der Waals surface area contributed by atoms with Gasteiger partial charge < -0.3 is 15.6 Å². The summed E-state index contributed by atoms with van der Waals surface area (Å²) in [5.41, 5.74) is 9.47. The van der Waals surface area contributed by atoms with Crippen LogP contribution in [0.3, 0.4) is 0 Å². The molecular formula is C23H21ClFN7S. The number of aromatic nitrogens is 5. The van der Waals surface area contributed by atoms with Gasteiger partial charge in [-0.2, -0.15) is 4.98 Å². The third-order valence-corrected chi connectivity index (χ3v) is 8.26. The van der Waals surface area contributed by atoms with Crippen molar-refractivity contribution in [1.29, 1.82) is 0 Å². The van der Waals surface area contributed by atoms with Gasteiger partial charge >= 0.3 is 0 Å². The van der Waals surface area contributed by atoms with E-state index in [0.29, 0.717) is 27.8 Å². The minimum Gasteiger partial charge on any atom is -0.342 e. The quantitative estimate of drug-likeness (QED) is 0.443. The molecule has 6 rings (SSSR count). The fourth-order valence-corrected chi connectivity index (χ4v) is 5.99. The zero-order valence-electron chi connectivity index (χ0n) is 17.6. The van der Waals surface area contributed by atoms with Gasteiger partial charge in [-0.05, 0) is 47.9 Å². The average Bonchev–Trinajstić information content (AvgIpc) is 3.36. The molecule has 0 amide bonds. The van der Waals surface area contributed by atoms with Gasteiger partial charge in [-0.15, -0.1) is 0 Å². The van der Waals surface area contributed by atoms with Gasteiger partial charge in [0.2, 0.25) is 5.95 Å². The van der Waals surface area contributed by atoms with Crippen molar-refractivity contribution < 1.29 is 4.39 Å². The molecule has 0 bridgehead atoms. The van der Waals surface area contributed by atoms with Crippen molar-refractivity contribution in [2.75, 3.05) is 18.0 Å². The largest absolute Gasteiger partial charge is 0.342 e. The molecule has 1 aliphatic carbocycles. The first-order valence-corrected chi connectivity index (χ1v) is 12.0. The normalized spacial score (nSPS) is 19.4. The number of hydrogen-bond donors (Lipinski definition) is 2. The molecule has 10 heteroatoms. The van der Waals surface area contributed by atoms with Crippen LogP contribution in [0.1, 0.15) is 30.0 Å². The Balaban J connectivity index is 1.20. The van der Waals surface area contributed by atoms with Crippen molar-refractivity contribution in [3.05, 3.63) is 64.8 Å². The molecule has 3 N–H and O–H groups in total. The standard InChI is InChI=1S/C23H21ClFN7S/c24-15-11-27-7-4-17(15)33-18-12-28-20-21(29-18)31-22(30-20)32-8-5-23(6-9-32)10-14-13(19(23)26)2-1-3-16(14)25/h1-4,7,11-12,19H,5-6,8-10,26H2,(H,28,29,30,31)/t19-/m1/s1. The van der Waals surface area contributed by atoms with Crippen LogP contribution >= 0.6 is 23.4 Å². The minimum atomic E-state index is -0.140. The maximum Gasteiger partial charge on any atom is 0.206 e. The number of aromatic amines is 1. The van der Waals surface area contributed by atoms with Crippen LogP contribution in [-0.4, -0.2) is 38.0 Å². The maximum atomic E-state index is 14.3. The van der Waals surface area contributed by atoms with Gasteiger partial charge in [0.25, 0.3) is 0 Å². The van der Waals surface area contributed by atoms with Gasteiger partial charge in [0.1, 0.15) is 10.8 Å². The van der Waals surface area contributed by atoms with Crippen LogP contribution in [0.2, 0.25) is 5.02 Å². The van der Waals surface area contributed by atoms with E-state index in [4.69, 9.17) is 22.3 Å². The van der Waals surface area contributed by atoms with E-state index in [1.807, 2.05) is 12.1 Å². The lowest BCUT2D eigenvalue weighted by Gasteiger charge is -2.42. The van der Waals surface area contributed by atoms with Crippen LogP contribution in [0.4, 0.5) is 10.3 Å². The Kier molecular flexibility index (Phi) is 5.01. The summed E-state index contributed by atoms with van der Waals surface area (Å²) >= 11 is 7.63. The molecule has 168 valence electrons. The number of piperidine rings is 1. The first-order chi connectivity index (χ1) is 16.0. The molecule has 0 unspecified atom stereocenters. The molecule has 3 aromatic heterocycles. The van der Waals surface area contributed by atoms with Crippen molar-refractivity contribution in [3.63, 3.8) is 0 Å². The molecule has 0 saturated carbocycles. The molecule has 33 heavy (non-hydrogen) atoms. The highest BCUT2D eigenvalue weighted by molar-refractivity contribution is 7.99. The molecule has 2 aliphatic rings. The molecule has 1 aliphatic heterocycles. The molecule has 4 heterocycles. The van der Waals surface area contributed by atoms with Gasteiger partial charge in [-0.25, -0.2) is 14.4 Å². The van der Waals surface area contributed by atoms with Crippen molar-refractivity contribution in [3.8, 4) is 0 Å². The third-order valence-electron chi connectivity index (χ3n) is 6.86. The van der Waals surface area contributed by atoms with E-state index in [2.05, 4.69) is 24.8 Å². The lowest BCUT2D eigenvalue weighted by atomic mass is 9.73. The molecule has 0 radical (unpaired) electrons. The SMILES string of the molecule is N[C@@H]1c2cccc(F)c2CC12CCN(c1nc3nc(Sc4ccncc4Cl)cnc3[nH]1)CC2. The predicted molar refractivity (Wildman–Crippen MR) is 126 cm³/mol. The number of imidazole rings is 1. The molecular weight excluding hydrogens is 461 g/mol. The number of nitrogens with zero attached hydrogens (tertiary/aromatic N) is 5. The highest BCUT2D eigenvalue weighted by atomic mass is 35.5. The van der Waals surface area contributed by atoms with E-state index in [1.54, 1.807) is 24.7 Å². The number of nitrogens with two attached hydrogens (primary N) is 1. The predicted octanol–water partition coefficient (Wildman–Crippen LogP) is 4.53. The highest BCUT2D eigenvalue weighted by Crippen LogP contribution is 2.51. The summed E-state index contributed by atoms with van der Waals surface area (Å²) in [5, 5.41) is 1.28. The number of fused-ring (bicyclic) bond motifs is 2. The molecule has 1 atom stereocenters. The fraction of sp³-hybridized carbons (Fsp3) is 0.304. The summed E-state index contributed by atoms with van der Waals surface area (Å²) in [4.78, 5) is 24.2. The maximum absolute atomic E-state index is 14.3. The summed E-state index contributed by atoms with van der Waals surface area (Å²) in [6.45, 7) is 1.58. The number of rotatable bonds is 3. The average molecular weight is 482 g/mol. The number of H-pyrrole nitrogens is 1. The van der Waals surface area contributed by atoms with Gasteiger partial charge in [0, 0.05) is 36.4 Å². The van der Waals surface area contributed by atoms with Gasteiger partial charge in [0.05, 0.1) is 11.2 Å². The fourth-order valence-electron chi connectivity index (χ4n) is 5.02. The molecule has 1 saturated heterocycles. The van der Waals surface area contributed by atoms with Crippen molar-refractivity contribution in [2.24, 2.45) is 11.1 Å². The van der Waals surface area contributed by atoms with Crippen LogP contribution in [0.5, 0.6) is 0 Å². The Morgan fingerprint density at radius 2 is 2.03 bits per heavy atom. The summed E-state index contributed by atoms with van der Waals surface area (Å²) in [5.74, 6) is 0.609. The Morgan fingerprint density at radius 1 is 1.18 bits per heavy atom. The van der Waals surface area contributed by atoms with Crippen LogP contribution in [0.25, 0.3) is 11.3 Å². The number of halogens is 2. The second-order valence-electron chi connectivity index (χ2n) is 8.66. The summed E-state index contributed by atoms with van der Waals surface area (Å²) in [6, 6.07) is 6.96. The van der Waals surface area contributed by atoms with Crippen molar-refractivity contribution in [1.82, 2.24) is 24.9 Å². The Labute approximate surface area is 199 Å². The second kappa shape index (κ2) is 7.93. The van der Waals surface area contributed by atoms with Crippen LogP contribution < -0.4 is 10.6 Å². The van der Waals surface area contributed by atoms with Crippen LogP contribution in [-0.2, 0) is 6.42 Å². The monoisotopic (exact) mass is 481 g/mol. The van der Waals surface area contributed by atoms with Crippen molar-refractivity contribution in [2.45, 2.75) is 35.2 Å². The topological polar surface area (TPSA) is 96.6 Å². The number of pyridine rings is 1. The molecule has 4 aromatic rings. The summed E-state index contributed by atoms with van der Waals surface area (Å²) < 4.78 is 14.3. The second-order valence-corrected chi connectivity index (χ2v) is 10.1. The number of anilines is 1. The van der Waals surface area contributed by atoms with E-state index < -0.39 is 0 Å². The zero-order valence-corrected chi connectivity index (χ0v) is 19.2. The van der Waals surface area contributed by atoms with E-state index in [0.717, 1.165) is 47.9 Å². The lowest BCUT2D eigenvalue weighted by Crippen LogP contribution is -2.44. The van der Waals surface area contributed by atoms with Gasteiger partial charge in [-0.3, -0.25) is 4.98 Å². The smallest absolute Gasteiger partial charge is 0.206 e. The van der Waals surface area contributed by atoms with Crippen LogP contribution in [0.15, 0.2) is 52.8 Å². The Hall–Kier alpha value is -2.75. The summed E-state index contributed by atoms with van der Waals surface area (Å²) in [7, 11) is 0.